The number of benzene rings is 1. The van der Waals surface area contributed by atoms with Crippen LogP contribution in [0.4, 0.5) is 0 Å². The number of hydrogen-bond acceptors (Lipinski definition) is 3. The number of unbranched alkanes of at least 4 members (excludes halogenated alkanes) is 1. The molecule has 1 aromatic rings. The first-order valence-corrected chi connectivity index (χ1v) is 6.80. The van der Waals surface area contributed by atoms with E-state index in [9.17, 15) is 0 Å². The van der Waals surface area contributed by atoms with E-state index in [1.807, 2.05) is 12.1 Å². The molecular formula is C13H21BrN2O. The molecule has 0 saturated heterocycles. The Bertz CT molecular complexity index is 331. The van der Waals surface area contributed by atoms with Gasteiger partial charge in [0.05, 0.1) is 7.11 Å². The van der Waals surface area contributed by atoms with Gasteiger partial charge in [-0.15, -0.1) is 0 Å². The number of rotatable bonds is 8. The van der Waals surface area contributed by atoms with Gasteiger partial charge in [0.1, 0.15) is 5.75 Å². The van der Waals surface area contributed by atoms with Gasteiger partial charge in [0.2, 0.25) is 0 Å². The molecule has 3 nitrogen and oxygen atoms in total. The van der Waals surface area contributed by atoms with Crippen LogP contribution in [0.5, 0.6) is 5.75 Å². The number of halogens is 1. The fraction of sp³-hybridized carbons (Fsp3) is 0.538. The number of methoxy groups -OCH3 is 1. The van der Waals surface area contributed by atoms with Crippen LogP contribution >= 0.6 is 15.9 Å². The van der Waals surface area contributed by atoms with Crippen molar-refractivity contribution in [3.8, 4) is 5.75 Å². The molecule has 0 aromatic heterocycles. The second kappa shape index (κ2) is 8.50. The van der Waals surface area contributed by atoms with Crippen molar-refractivity contribution in [1.82, 2.24) is 5.32 Å². The Hall–Kier alpha value is -0.580. The van der Waals surface area contributed by atoms with E-state index in [0.29, 0.717) is 0 Å². The average Bonchev–Trinajstić information content (AvgIpc) is 2.34. The minimum absolute atomic E-state index is 0.779. The molecule has 0 aliphatic carbocycles. The first kappa shape index (κ1) is 14.5. The van der Waals surface area contributed by atoms with Crippen molar-refractivity contribution in [3.05, 3.63) is 28.2 Å². The summed E-state index contributed by atoms with van der Waals surface area (Å²) in [6, 6.07) is 6.10. The monoisotopic (exact) mass is 300 g/mol. The molecule has 0 spiro atoms. The molecule has 0 atom stereocenters. The molecule has 3 N–H and O–H groups in total. The maximum Gasteiger partial charge on any atom is 0.122 e. The summed E-state index contributed by atoms with van der Waals surface area (Å²) in [5, 5.41) is 3.41. The number of nitrogens with one attached hydrogen (secondary N) is 1. The minimum atomic E-state index is 0.779. The number of hydrogen-bond donors (Lipinski definition) is 2. The van der Waals surface area contributed by atoms with E-state index >= 15 is 0 Å². The van der Waals surface area contributed by atoms with Crippen molar-refractivity contribution < 1.29 is 4.74 Å². The van der Waals surface area contributed by atoms with E-state index < -0.39 is 0 Å². The molecule has 0 saturated carbocycles. The Morgan fingerprint density at radius 3 is 2.82 bits per heavy atom. The third kappa shape index (κ3) is 5.52. The maximum atomic E-state index is 5.44. The van der Waals surface area contributed by atoms with Crippen LogP contribution in [-0.4, -0.2) is 26.7 Å². The lowest BCUT2D eigenvalue weighted by molar-refractivity contribution is 0.409. The van der Waals surface area contributed by atoms with E-state index in [0.717, 1.165) is 49.1 Å². The average molecular weight is 301 g/mol. The maximum absolute atomic E-state index is 5.44. The van der Waals surface area contributed by atoms with Crippen LogP contribution in [0, 0.1) is 0 Å². The van der Waals surface area contributed by atoms with E-state index in [-0.39, 0.29) is 0 Å². The lowest BCUT2D eigenvalue weighted by Crippen LogP contribution is -2.19. The first-order chi connectivity index (χ1) is 8.27. The number of ether oxygens (including phenoxy) is 1. The van der Waals surface area contributed by atoms with Gasteiger partial charge in [0, 0.05) is 4.47 Å². The molecule has 1 rings (SSSR count). The highest BCUT2D eigenvalue weighted by Crippen LogP contribution is 2.22. The third-order valence-corrected chi connectivity index (χ3v) is 3.11. The molecule has 96 valence electrons. The van der Waals surface area contributed by atoms with Crippen LogP contribution in [0.25, 0.3) is 0 Å². The highest BCUT2D eigenvalue weighted by molar-refractivity contribution is 9.10. The lowest BCUT2D eigenvalue weighted by atomic mass is 10.1. The molecule has 17 heavy (non-hydrogen) atoms. The van der Waals surface area contributed by atoms with E-state index in [1.165, 1.54) is 5.56 Å². The second-order valence-corrected chi connectivity index (χ2v) is 4.87. The Morgan fingerprint density at radius 2 is 2.12 bits per heavy atom. The molecule has 0 radical (unpaired) electrons. The van der Waals surface area contributed by atoms with Gasteiger partial charge in [-0.2, -0.15) is 0 Å². The van der Waals surface area contributed by atoms with Gasteiger partial charge in [-0.3, -0.25) is 0 Å². The highest BCUT2D eigenvalue weighted by Gasteiger charge is 2.02. The van der Waals surface area contributed by atoms with E-state index in [1.54, 1.807) is 7.11 Å². The van der Waals surface area contributed by atoms with Gasteiger partial charge in [-0.1, -0.05) is 15.9 Å². The Kier molecular flexibility index (Phi) is 7.24. The standard InChI is InChI=1S/C13H21BrN2O/c1-17-13-5-4-12(14)10-11(13)6-9-16-8-3-2-7-15/h4-5,10,16H,2-3,6-9,15H2,1H3. The normalized spacial score (nSPS) is 10.5. The molecule has 0 bridgehead atoms. The zero-order chi connectivity index (χ0) is 12.5. The molecule has 1 aromatic carbocycles. The first-order valence-electron chi connectivity index (χ1n) is 6.01. The quantitative estimate of drug-likeness (QED) is 0.725. The SMILES string of the molecule is COc1ccc(Br)cc1CCNCCCCN. The van der Waals surface area contributed by atoms with E-state index in [2.05, 4.69) is 27.3 Å². The Balaban J connectivity index is 2.32. The summed E-state index contributed by atoms with van der Waals surface area (Å²) in [5.74, 6) is 0.956. The van der Waals surface area contributed by atoms with Crippen LogP contribution in [0.15, 0.2) is 22.7 Å². The Morgan fingerprint density at radius 1 is 1.29 bits per heavy atom. The smallest absolute Gasteiger partial charge is 0.122 e. The number of nitrogens with two attached hydrogens (primary N) is 1. The lowest BCUT2D eigenvalue weighted by Gasteiger charge is -2.09. The fourth-order valence-electron chi connectivity index (χ4n) is 1.68. The van der Waals surface area contributed by atoms with Crippen LogP contribution in [0.2, 0.25) is 0 Å². The summed E-state index contributed by atoms with van der Waals surface area (Å²) in [5.41, 5.74) is 6.67. The van der Waals surface area contributed by atoms with Crippen molar-refractivity contribution in [2.45, 2.75) is 19.3 Å². The largest absolute Gasteiger partial charge is 0.496 e. The fourth-order valence-corrected chi connectivity index (χ4v) is 2.09. The van der Waals surface area contributed by atoms with Gasteiger partial charge in [-0.05, 0) is 62.7 Å². The zero-order valence-corrected chi connectivity index (χ0v) is 11.9. The van der Waals surface area contributed by atoms with E-state index in [4.69, 9.17) is 10.5 Å². The van der Waals surface area contributed by atoms with Crippen LogP contribution in [0.1, 0.15) is 18.4 Å². The van der Waals surface area contributed by atoms with Crippen LogP contribution in [0.3, 0.4) is 0 Å². The highest BCUT2D eigenvalue weighted by atomic mass is 79.9. The van der Waals surface area contributed by atoms with Crippen molar-refractivity contribution in [1.29, 1.82) is 0 Å². The third-order valence-electron chi connectivity index (χ3n) is 2.62. The molecule has 4 heteroatoms. The predicted molar refractivity (Wildman–Crippen MR) is 75.6 cm³/mol. The van der Waals surface area contributed by atoms with Crippen LogP contribution in [-0.2, 0) is 6.42 Å². The molecule has 0 aliphatic rings. The summed E-state index contributed by atoms with van der Waals surface area (Å²) in [7, 11) is 1.71. The summed E-state index contributed by atoms with van der Waals surface area (Å²) in [6.45, 7) is 2.78. The molecular weight excluding hydrogens is 280 g/mol. The van der Waals surface area contributed by atoms with Gasteiger partial charge in [0.15, 0.2) is 0 Å². The van der Waals surface area contributed by atoms with Crippen molar-refractivity contribution in [2.75, 3.05) is 26.7 Å². The molecule has 0 aliphatic heterocycles. The van der Waals surface area contributed by atoms with Gasteiger partial charge in [-0.25, -0.2) is 0 Å². The minimum Gasteiger partial charge on any atom is -0.496 e. The zero-order valence-electron chi connectivity index (χ0n) is 10.3. The summed E-state index contributed by atoms with van der Waals surface area (Å²) < 4.78 is 6.42. The van der Waals surface area contributed by atoms with Crippen LogP contribution < -0.4 is 15.8 Å². The molecule has 0 fully saturated rings. The molecule has 0 heterocycles. The summed E-state index contributed by atoms with van der Waals surface area (Å²) in [4.78, 5) is 0. The van der Waals surface area contributed by atoms with Crippen molar-refractivity contribution in [2.24, 2.45) is 5.73 Å². The van der Waals surface area contributed by atoms with Gasteiger partial charge >= 0.3 is 0 Å². The summed E-state index contributed by atoms with van der Waals surface area (Å²) in [6.07, 6.45) is 3.21. The topological polar surface area (TPSA) is 47.3 Å². The summed E-state index contributed by atoms with van der Waals surface area (Å²) >= 11 is 3.48. The van der Waals surface area contributed by atoms with Crippen molar-refractivity contribution in [3.63, 3.8) is 0 Å². The molecule has 0 unspecified atom stereocenters. The predicted octanol–water partition coefficient (Wildman–Crippen LogP) is 2.33. The molecule has 0 amide bonds. The van der Waals surface area contributed by atoms with Gasteiger partial charge in [0.25, 0.3) is 0 Å². The Labute approximate surface area is 112 Å². The second-order valence-electron chi connectivity index (χ2n) is 3.95. The van der Waals surface area contributed by atoms with Gasteiger partial charge < -0.3 is 15.8 Å². The van der Waals surface area contributed by atoms with Crippen molar-refractivity contribution >= 4 is 15.9 Å².